The lowest BCUT2D eigenvalue weighted by Crippen LogP contribution is -2.00. The van der Waals surface area contributed by atoms with Crippen LogP contribution < -0.4 is 0 Å². The molecule has 0 heterocycles. The van der Waals surface area contributed by atoms with Crippen molar-refractivity contribution in [3.05, 3.63) is 179 Å². The van der Waals surface area contributed by atoms with Crippen LogP contribution in [0.25, 0.3) is 0 Å². The summed E-state index contributed by atoms with van der Waals surface area (Å²) in [4.78, 5) is 79.6. The van der Waals surface area contributed by atoms with Gasteiger partial charge < -0.3 is 30.6 Å². The monoisotopic (exact) mass is 990 g/mol. The van der Waals surface area contributed by atoms with Gasteiger partial charge in [-0.1, -0.05) is 107 Å². The molecule has 0 radical (unpaired) electrons. The van der Waals surface area contributed by atoms with E-state index in [0.29, 0.717) is 58.7 Å². The Balaban J connectivity index is 1.66. The Kier molecular flexibility index (Phi) is 15.2. The Morgan fingerprint density at radius 1 is 0.242 bits per heavy atom. The topological polar surface area (TPSA) is 224 Å². The summed E-state index contributed by atoms with van der Waals surface area (Å²) in [5.74, 6) is -7.10. The van der Waals surface area contributed by atoms with Crippen molar-refractivity contribution in [2.24, 2.45) is 0 Å². The second-order valence-corrected chi connectivity index (χ2v) is 20.1. The maximum atomic E-state index is 12.3. The van der Waals surface area contributed by atoms with Gasteiger partial charge in [0.15, 0.2) is 0 Å². The van der Waals surface area contributed by atoms with Gasteiger partial charge in [0.05, 0.1) is 33.4 Å². The van der Waals surface area contributed by atoms with E-state index in [1.54, 1.807) is 72.8 Å². The zero-order valence-corrected chi connectivity index (χ0v) is 38.3. The van der Waals surface area contributed by atoms with Gasteiger partial charge >= 0.3 is 35.8 Å². The number of rotatable bonds is 18. The molecule has 66 heavy (non-hydrogen) atoms. The van der Waals surface area contributed by atoms with E-state index in [2.05, 4.69) is 0 Å². The lowest BCUT2D eigenvalue weighted by molar-refractivity contribution is 0.0685. The van der Waals surface area contributed by atoms with Crippen LogP contribution >= 0.6 is 70.6 Å². The van der Waals surface area contributed by atoms with Gasteiger partial charge in [-0.25, -0.2) is 28.8 Å². The maximum Gasteiger partial charge on any atom is 0.335 e. The van der Waals surface area contributed by atoms with E-state index in [1.807, 2.05) is 0 Å². The van der Waals surface area contributed by atoms with Crippen molar-refractivity contribution < 1.29 is 59.4 Å². The molecule has 7 rings (SSSR count). The van der Waals surface area contributed by atoms with Gasteiger partial charge in [-0.15, -0.1) is 0 Å². The fourth-order valence-electron chi connectivity index (χ4n) is 6.04. The second-order valence-electron chi connectivity index (χ2n) is 13.6. The van der Waals surface area contributed by atoms with Gasteiger partial charge in [-0.3, -0.25) is 0 Å². The van der Waals surface area contributed by atoms with Crippen molar-refractivity contribution in [3.63, 3.8) is 0 Å². The molecule has 18 heteroatoms. The average molecular weight is 991 g/mol. The zero-order chi connectivity index (χ0) is 47.1. The Bertz CT molecular complexity index is 2550. The molecule has 0 atom stereocenters. The van der Waals surface area contributed by atoms with Crippen molar-refractivity contribution in [3.8, 4) is 0 Å². The number of carbonyl (C=O) groups is 6. The highest BCUT2D eigenvalue weighted by Crippen LogP contribution is 2.59. The van der Waals surface area contributed by atoms with Gasteiger partial charge in [-0.2, -0.15) is 0 Å². The van der Waals surface area contributed by atoms with E-state index in [4.69, 9.17) is 0 Å². The van der Waals surface area contributed by atoms with E-state index in [0.717, 1.165) is 0 Å². The van der Waals surface area contributed by atoms with Crippen LogP contribution in [0.2, 0.25) is 0 Å². The fraction of sp³-hybridized carbons (Fsp3) is 0. The van der Waals surface area contributed by atoms with E-state index in [1.165, 1.54) is 143 Å². The SMILES string of the molecule is O=C(O)c1cccc(Sc2c(Sc3cccc(C(=O)O)c3)c(Sc3cccc(C(=O)O)c3)c(Sc3cccc(C(=O)O)c3)c(Sc3cccc(C(=O)O)c3)c2Sc2cccc(C(=O)O)c2)c1. The average Bonchev–Trinajstić information content (AvgIpc) is 3.30. The zero-order valence-electron chi connectivity index (χ0n) is 33.4. The Morgan fingerprint density at radius 2 is 0.379 bits per heavy atom. The molecule has 0 aromatic heterocycles. The third-order valence-electron chi connectivity index (χ3n) is 9.04. The molecular weight excluding hydrogens is 961 g/mol. The first kappa shape index (κ1) is 47.4. The van der Waals surface area contributed by atoms with Crippen molar-refractivity contribution in [1.29, 1.82) is 0 Å². The van der Waals surface area contributed by atoms with Gasteiger partial charge in [0.1, 0.15) is 0 Å². The number of benzene rings is 7. The van der Waals surface area contributed by atoms with Crippen LogP contribution in [0.15, 0.2) is 204 Å². The number of carboxylic acid groups (broad SMARTS) is 6. The predicted octanol–water partition coefficient (Wildman–Crippen LogP) is 12.8. The van der Waals surface area contributed by atoms with E-state index in [9.17, 15) is 59.4 Å². The normalized spacial score (nSPS) is 10.9. The van der Waals surface area contributed by atoms with Gasteiger partial charge in [0.2, 0.25) is 0 Å². The first-order chi connectivity index (χ1) is 31.6. The molecule has 0 bridgehead atoms. The molecule has 7 aromatic carbocycles. The Hall–Kier alpha value is -6.54. The summed E-state index contributed by atoms with van der Waals surface area (Å²) >= 11 is 7.08. The van der Waals surface area contributed by atoms with Crippen molar-refractivity contribution >= 4 is 106 Å². The molecule has 0 saturated carbocycles. The lowest BCUT2D eigenvalue weighted by atomic mass is 10.2. The van der Waals surface area contributed by atoms with Crippen molar-refractivity contribution in [2.75, 3.05) is 0 Å². The van der Waals surface area contributed by atoms with Crippen LogP contribution in [-0.2, 0) is 0 Å². The quantitative estimate of drug-likeness (QED) is 0.0470. The summed E-state index contributed by atoms with van der Waals surface area (Å²) < 4.78 is 0. The Morgan fingerprint density at radius 3 is 0.500 bits per heavy atom. The highest BCUT2D eigenvalue weighted by Gasteiger charge is 2.30. The number of hydrogen-bond acceptors (Lipinski definition) is 12. The highest BCUT2D eigenvalue weighted by molar-refractivity contribution is 8.07. The first-order valence-corrected chi connectivity index (χ1v) is 23.8. The molecule has 0 fully saturated rings. The van der Waals surface area contributed by atoms with Crippen LogP contribution in [0.4, 0.5) is 0 Å². The molecule has 330 valence electrons. The lowest BCUT2D eigenvalue weighted by Gasteiger charge is -2.26. The van der Waals surface area contributed by atoms with E-state index in [-0.39, 0.29) is 33.4 Å². The highest BCUT2D eigenvalue weighted by atomic mass is 32.2. The first-order valence-electron chi connectivity index (χ1n) is 18.9. The molecule has 0 spiro atoms. The summed E-state index contributed by atoms with van der Waals surface area (Å²) in [7, 11) is 0. The molecule has 6 N–H and O–H groups in total. The van der Waals surface area contributed by atoms with Crippen LogP contribution in [0.1, 0.15) is 62.1 Å². The number of aromatic carboxylic acids is 6. The minimum atomic E-state index is -1.18. The minimum absolute atomic E-state index is 0.0163. The van der Waals surface area contributed by atoms with Crippen LogP contribution in [-0.4, -0.2) is 66.5 Å². The molecule has 7 aromatic rings. The van der Waals surface area contributed by atoms with Crippen molar-refractivity contribution in [2.45, 2.75) is 58.7 Å². The smallest absolute Gasteiger partial charge is 0.335 e. The molecule has 0 unspecified atom stereocenters. The summed E-state index contributed by atoms with van der Waals surface area (Å²) in [5.41, 5.74) is -0.0979. The van der Waals surface area contributed by atoms with E-state index < -0.39 is 35.8 Å². The third kappa shape index (κ3) is 11.6. The standard InChI is InChI=1S/C48H30O12S6/c49-43(50)25-7-1-13-31(19-25)61-37-38(62-32-14-2-8-26(20-32)44(51)52)40(64-34-16-4-10-28(22-34)46(55)56)42(66-36-18-6-12-30(24-36)48(59)60)41(65-35-17-5-11-29(23-35)47(57)58)39(37)63-33-15-3-9-27(21-33)45(53)54/h1-24H,(H,49,50)(H,51,52)(H,53,54)(H,55,56)(H,57,58)(H,59,60). The van der Waals surface area contributed by atoms with Gasteiger partial charge in [0, 0.05) is 58.7 Å². The number of hydrogen-bond donors (Lipinski definition) is 6. The molecule has 0 aliphatic rings. The molecule has 0 aliphatic carbocycles. The largest absolute Gasteiger partial charge is 0.478 e. The van der Waals surface area contributed by atoms with Crippen LogP contribution in [0, 0.1) is 0 Å². The molecule has 0 saturated heterocycles. The van der Waals surface area contributed by atoms with Gasteiger partial charge in [0.25, 0.3) is 0 Å². The summed E-state index contributed by atoms with van der Waals surface area (Å²) in [5, 5.41) is 60.3. The predicted molar refractivity (Wildman–Crippen MR) is 252 cm³/mol. The minimum Gasteiger partial charge on any atom is -0.478 e. The Labute approximate surface area is 400 Å². The maximum absolute atomic E-state index is 12.3. The fourth-order valence-corrected chi connectivity index (χ4v) is 13.7. The summed E-state index contributed by atoms with van der Waals surface area (Å²) in [6.07, 6.45) is 0. The summed E-state index contributed by atoms with van der Waals surface area (Å²) in [6, 6.07) is 37.3. The third-order valence-corrected chi connectivity index (χ3v) is 16.4. The molecular formula is C48H30O12S6. The van der Waals surface area contributed by atoms with Gasteiger partial charge in [-0.05, 0) is 109 Å². The number of carboxylic acids is 6. The van der Waals surface area contributed by atoms with Crippen molar-refractivity contribution in [1.82, 2.24) is 0 Å². The van der Waals surface area contributed by atoms with Crippen LogP contribution in [0.5, 0.6) is 0 Å². The summed E-state index contributed by atoms with van der Waals surface area (Å²) in [6.45, 7) is 0. The van der Waals surface area contributed by atoms with E-state index >= 15 is 0 Å². The van der Waals surface area contributed by atoms with Crippen LogP contribution in [0.3, 0.4) is 0 Å². The molecule has 0 amide bonds. The molecule has 0 aliphatic heterocycles. The molecule has 12 nitrogen and oxygen atoms in total. The second kappa shape index (κ2) is 21.2.